The van der Waals surface area contributed by atoms with Crippen molar-refractivity contribution in [2.75, 3.05) is 6.54 Å². The van der Waals surface area contributed by atoms with Gasteiger partial charge in [0, 0.05) is 17.5 Å². The number of halogens is 1. The summed E-state index contributed by atoms with van der Waals surface area (Å²) in [7, 11) is 0. The number of carbonyl (C=O) groups is 1. The molecule has 0 bridgehead atoms. The number of hydrogen-bond donors (Lipinski definition) is 3. The largest absolute Gasteiger partial charge is 0.350 e. The minimum Gasteiger partial charge on any atom is -0.350 e. The number of nitrogens with zero attached hydrogens (tertiary/aromatic N) is 1. The zero-order valence-corrected chi connectivity index (χ0v) is 11.9. The lowest BCUT2D eigenvalue weighted by Crippen LogP contribution is -2.49. The Morgan fingerprint density at radius 3 is 2.79 bits per heavy atom. The number of amides is 1. The van der Waals surface area contributed by atoms with Gasteiger partial charge in [0.05, 0.1) is 17.6 Å². The molecule has 1 heterocycles. The zero-order valence-electron chi connectivity index (χ0n) is 11.1. The molecule has 0 fully saturated rings. The second-order valence-corrected chi connectivity index (χ2v) is 5.03. The van der Waals surface area contributed by atoms with Crippen LogP contribution in [0, 0.1) is 0 Å². The van der Waals surface area contributed by atoms with E-state index < -0.39 is 0 Å². The topological polar surface area (TPSA) is 83.8 Å². The molecule has 0 aliphatic rings. The van der Waals surface area contributed by atoms with Gasteiger partial charge in [-0.2, -0.15) is 5.10 Å². The van der Waals surface area contributed by atoms with Crippen LogP contribution in [-0.4, -0.2) is 28.2 Å². The first-order valence-electron chi connectivity index (χ1n) is 5.95. The molecule has 0 saturated heterocycles. The van der Waals surface area contributed by atoms with Crippen molar-refractivity contribution in [3.63, 3.8) is 0 Å². The van der Waals surface area contributed by atoms with Crippen LogP contribution >= 0.6 is 12.4 Å². The number of H-pyrrole nitrogens is 1. The lowest BCUT2D eigenvalue weighted by atomic mass is 10.1. The second-order valence-electron chi connectivity index (χ2n) is 5.03. The highest BCUT2D eigenvalue weighted by atomic mass is 35.5. The Kier molecular flexibility index (Phi) is 4.91. The predicted molar refractivity (Wildman–Crippen MR) is 78.3 cm³/mol. The normalized spacial score (nSPS) is 11.1. The van der Waals surface area contributed by atoms with Gasteiger partial charge < -0.3 is 11.1 Å². The van der Waals surface area contributed by atoms with Gasteiger partial charge in [0.1, 0.15) is 0 Å². The molecule has 2 rings (SSSR count). The van der Waals surface area contributed by atoms with Crippen LogP contribution in [0.4, 0.5) is 0 Å². The molecular formula is C13H19ClN4O. The summed E-state index contributed by atoms with van der Waals surface area (Å²) in [5.41, 5.74) is 6.90. The van der Waals surface area contributed by atoms with E-state index >= 15 is 0 Å². The van der Waals surface area contributed by atoms with Gasteiger partial charge >= 0.3 is 0 Å². The number of aromatic amines is 1. The number of fused-ring (bicyclic) bond motifs is 1. The molecule has 0 unspecified atom stereocenters. The van der Waals surface area contributed by atoms with E-state index in [0.29, 0.717) is 6.54 Å². The summed E-state index contributed by atoms with van der Waals surface area (Å²) in [6.07, 6.45) is 0.282. The van der Waals surface area contributed by atoms with Gasteiger partial charge in [0.15, 0.2) is 0 Å². The van der Waals surface area contributed by atoms with Gasteiger partial charge in [-0.15, -0.1) is 12.4 Å². The summed E-state index contributed by atoms with van der Waals surface area (Å²) in [5.74, 6) is -0.0557. The van der Waals surface area contributed by atoms with Crippen LogP contribution in [0.1, 0.15) is 19.5 Å². The summed E-state index contributed by atoms with van der Waals surface area (Å²) in [6, 6.07) is 7.72. The lowest BCUT2D eigenvalue weighted by molar-refractivity contribution is -0.121. The third-order valence-corrected chi connectivity index (χ3v) is 2.87. The second kappa shape index (κ2) is 6.04. The molecule has 1 amide bonds. The molecule has 0 saturated carbocycles. The third kappa shape index (κ3) is 3.68. The van der Waals surface area contributed by atoms with E-state index in [9.17, 15) is 4.79 Å². The zero-order chi connectivity index (χ0) is 13.2. The van der Waals surface area contributed by atoms with Gasteiger partial charge in [0.2, 0.25) is 5.91 Å². The monoisotopic (exact) mass is 282 g/mol. The molecule has 2 aromatic rings. The lowest BCUT2D eigenvalue weighted by Gasteiger charge is -2.24. The van der Waals surface area contributed by atoms with E-state index in [0.717, 1.165) is 16.6 Å². The molecule has 5 nitrogen and oxygen atoms in total. The van der Waals surface area contributed by atoms with E-state index in [1.165, 1.54) is 0 Å². The van der Waals surface area contributed by atoms with E-state index in [4.69, 9.17) is 5.73 Å². The molecule has 0 aliphatic carbocycles. The van der Waals surface area contributed by atoms with Crippen molar-refractivity contribution in [1.82, 2.24) is 15.5 Å². The van der Waals surface area contributed by atoms with Gasteiger partial charge in [-0.05, 0) is 19.9 Å². The summed E-state index contributed by atoms with van der Waals surface area (Å²) in [5, 5.41) is 10.9. The highest BCUT2D eigenvalue weighted by Gasteiger charge is 2.19. The summed E-state index contributed by atoms with van der Waals surface area (Å²) >= 11 is 0. The molecule has 0 radical (unpaired) electrons. The van der Waals surface area contributed by atoms with Crippen molar-refractivity contribution in [2.45, 2.75) is 25.8 Å². The maximum absolute atomic E-state index is 11.9. The Morgan fingerprint density at radius 2 is 2.11 bits per heavy atom. The third-order valence-electron chi connectivity index (χ3n) is 2.87. The summed E-state index contributed by atoms with van der Waals surface area (Å²) in [4.78, 5) is 11.9. The quantitative estimate of drug-likeness (QED) is 0.792. The number of benzene rings is 1. The molecule has 19 heavy (non-hydrogen) atoms. The van der Waals surface area contributed by atoms with Crippen LogP contribution in [0.25, 0.3) is 10.9 Å². The maximum atomic E-state index is 11.9. The van der Waals surface area contributed by atoms with Crippen LogP contribution < -0.4 is 11.1 Å². The van der Waals surface area contributed by atoms with E-state index in [-0.39, 0.29) is 30.3 Å². The van der Waals surface area contributed by atoms with Crippen molar-refractivity contribution < 1.29 is 4.79 Å². The van der Waals surface area contributed by atoms with Gasteiger partial charge in [0.25, 0.3) is 0 Å². The van der Waals surface area contributed by atoms with Crippen molar-refractivity contribution in [2.24, 2.45) is 5.73 Å². The highest BCUT2D eigenvalue weighted by Crippen LogP contribution is 2.15. The van der Waals surface area contributed by atoms with Crippen LogP contribution in [0.3, 0.4) is 0 Å². The molecule has 6 heteroatoms. The number of para-hydroxylation sites is 1. The molecule has 104 valence electrons. The van der Waals surface area contributed by atoms with Crippen LogP contribution in [0.2, 0.25) is 0 Å². The molecule has 1 aromatic carbocycles. The van der Waals surface area contributed by atoms with E-state index in [1.54, 1.807) is 0 Å². The van der Waals surface area contributed by atoms with Crippen LogP contribution in [-0.2, 0) is 11.2 Å². The fraction of sp³-hybridized carbons (Fsp3) is 0.385. The fourth-order valence-corrected chi connectivity index (χ4v) is 1.78. The Hall–Kier alpha value is -1.59. The first-order valence-corrected chi connectivity index (χ1v) is 5.95. The Bertz CT molecular complexity index is 565. The molecular weight excluding hydrogens is 264 g/mol. The highest BCUT2D eigenvalue weighted by molar-refractivity contribution is 5.87. The van der Waals surface area contributed by atoms with E-state index in [1.807, 2.05) is 38.1 Å². The smallest absolute Gasteiger partial charge is 0.226 e. The maximum Gasteiger partial charge on any atom is 0.226 e. The van der Waals surface area contributed by atoms with Gasteiger partial charge in [-0.25, -0.2) is 0 Å². The van der Waals surface area contributed by atoms with Crippen molar-refractivity contribution >= 4 is 29.2 Å². The first kappa shape index (κ1) is 15.5. The molecule has 0 atom stereocenters. The van der Waals surface area contributed by atoms with E-state index in [2.05, 4.69) is 15.5 Å². The first-order chi connectivity index (χ1) is 8.52. The molecule has 0 spiro atoms. The average molecular weight is 283 g/mol. The van der Waals surface area contributed by atoms with Crippen LogP contribution in [0.15, 0.2) is 24.3 Å². The van der Waals surface area contributed by atoms with Crippen molar-refractivity contribution in [3.05, 3.63) is 30.0 Å². The standard InChI is InChI=1S/C13H18N4O.ClH/c1-13(2,8-14)15-12(18)7-11-9-5-3-4-6-10(9)16-17-11;/h3-6H,7-8,14H2,1-2H3,(H,15,18)(H,16,17);1H. The van der Waals surface area contributed by atoms with Crippen molar-refractivity contribution in [3.8, 4) is 0 Å². The number of carbonyl (C=O) groups excluding carboxylic acids is 1. The molecule has 4 N–H and O–H groups in total. The fourth-order valence-electron chi connectivity index (χ4n) is 1.78. The average Bonchev–Trinajstić information content (AvgIpc) is 2.72. The minimum atomic E-state index is -0.382. The van der Waals surface area contributed by atoms with Gasteiger partial charge in [-0.3, -0.25) is 9.89 Å². The summed E-state index contributed by atoms with van der Waals surface area (Å²) in [6.45, 7) is 4.20. The Balaban J connectivity index is 0.00000180. The summed E-state index contributed by atoms with van der Waals surface area (Å²) < 4.78 is 0. The SMILES string of the molecule is CC(C)(CN)NC(=O)Cc1[nH]nc2ccccc12.Cl. The minimum absolute atomic E-state index is 0. The number of rotatable bonds is 4. The van der Waals surface area contributed by atoms with Crippen LogP contribution in [0.5, 0.6) is 0 Å². The van der Waals surface area contributed by atoms with Crippen molar-refractivity contribution in [1.29, 1.82) is 0 Å². The number of nitrogens with two attached hydrogens (primary N) is 1. The molecule has 1 aromatic heterocycles. The Labute approximate surface area is 118 Å². The number of hydrogen-bond acceptors (Lipinski definition) is 3. The Morgan fingerprint density at radius 1 is 1.42 bits per heavy atom. The predicted octanol–water partition coefficient (Wildman–Crippen LogP) is 1.38. The molecule has 0 aliphatic heterocycles. The van der Waals surface area contributed by atoms with Gasteiger partial charge in [-0.1, -0.05) is 18.2 Å². The number of aromatic nitrogens is 2. The number of nitrogens with one attached hydrogen (secondary N) is 2.